The Balaban J connectivity index is 1.93. The first-order valence-corrected chi connectivity index (χ1v) is 7.19. The summed E-state index contributed by atoms with van der Waals surface area (Å²) in [7, 11) is 0. The molecule has 0 N–H and O–H groups in total. The fourth-order valence-electron chi connectivity index (χ4n) is 2.49. The molecule has 4 aromatic rings. The molecule has 2 heteroatoms. The lowest BCUT2D eigenvalue weighted by Gasteiger charge is -2.01. The number of hydrogen-bond donors (Lipinski definition) is 0. The number of halogens is 1. The molecule has 0 aliphatic rings. The lowest BCUT2D eigenvalue weighted by atomic mass is 10.0. The van der Waals surface area contributed by atoms with Crippen molar-refractivity contribution in [1.29, 1.82) is 0 Å². The number of benzene rings is 3. The summed E-state index contributed by atoms with van der Waals surface area (Å²) in [6, 6.07) is 20.4. The zero-order valence-corrected chi connectivity index (χ0v) is 12.1. The molecule has 3 aromatic carbocycles. The number of fused-ring (bicyclic) bond motifs is 3. The molecule has 0 spiro atoms. The van der Waals surface area contributed by atoms with Crippen LogP contribution in [0, 0.1) is 0 Å². The highest BCUT2D eigenvalue weighted by Gasteiger charge is 2.07. The Bertz CT molecular complexity index is 954. The van der Waals surface area contributed by atoms with Gasteiger partial charge in [-0.05, 0) is 41.5 Å². The van der Waals surface area contributed by atoms with Crippen LogP contribution in [0.5, 0.6) is 0 Å². The summed E-state index contributed by atoms with van der Waals surface area (Å²) in [6.45, 7) is 0. The van der Waals surface area contributed by atoms with E-state index in [9.17, 15) is 0 Å². The second kappa shape index (κ2) is 4.50. The van der Waals surface area contributed by atoms with Crippen molar-refractivity contribution in [2.75, 3.05) is 0 Å². The van der Waals surface area contributed by atoms with Gasteiger partial charge >= 0.3 is 0 Å². The van der Waals surface area contributed by atoms with Gasteiger partial charge in [0.1, 0.15) is 11.2 Å². The first kappa shape index (κ1) is 10.7. The first-order valence-electron chi connectivity index (χ1n) is 6.89. The topological polar surface area (TPSA) is 13.1 Å². The maximum atomic E-state index is 7.68. The van der Waals surface area contributed by atoms with Gasteiger partial charge in [-0.2, -0.15) is 0 Å². The molecule has 1 heterocycles. The van der Waals surface area contributed by atoms with Crippen molar-refractivity contribution in [3.8, 4) is 11.1 Å². The Morgan fingerprint density at radius 3 is 2.40 bits per heavy atom. The number of furan rings is 1. The van der Waals surface area contributed by atoms with Gasteiger partial charge in [0.15, 0.2) is 0 Å². The third-order valence-electron chi connectivity index (χ3n) is 3.50. The van der Waals surface area contributed by atoms with E-state index >= 15 is 0 Å². The van der Waals surface area contributed by atoms with E-state index in [0.717, 1.165) is 37.5 Å². The predicted molar refractivity (Wildman–Crippen MR) is 86.9 cm³/mol. The minimum atomic E-state index is 0.467. The second-order valence-corrected chi connectivity index (χ2v) is 5.66. The largest absolute Gasteiger partial charge is 0.456 e. The van der Waals surface area contributed by atoms with Gasteiger partial charge in [0.05, 0.1) is 1.37 Å². The van der Waals surface area contributed by atoms with Gasteiger partial charge in [-0.15, -0.1) is 0 Å². The van der Waals surface area contributed by atoms with E-state index in [0.29, 0.717) is 6.04 Å². The zero-order valence-electron chi connectivity index (χ0n) is 11.6. The highest BCUT2D eigenvalue weighted by atomic mass is 79.9. The Morgan fingerprint density at radius 1 is 0.800 bits per heavy atom. The predicted octanol–water partition coefficient (Wildman–Crippen LogP) is 6.02. The van der Waals surface area contributed by atoms with Crippen LogP contribution in [0.1, 0.15) is 1.37 Å². The van der Waals surface area contributed by atoms with Crippen LogP contribution < -0.4 is 0 Å². The molecule has 0 radical (unpaired) electrons. The van der Waals surface area contributed by atoms with Gasteiger partial charge in [-0.3, -0.25) is 0 Å². The minimum Gasteiger partial charge on any atom is -0.456 e. The molecule has 0 unspecified atom stereocenters. The summed E-state index contributed by atoms with van der Waals surface area (Å²) in [5, 5.41) is 2.15. The first-order chi connectivity index (χ1) is 10.2. The number of hydrogen-bond acceptors (Lipinski definition) is 1. The standard InChI is InChI=1S/C18H11BrO/c19-14-8-5-12(6-9-14)13-7-10-16-15-3-1-2-4-17(15)20-18(16)11-13/h1-11H/i2D. The van der Waals surface area contributed by atoms with E-state index in [-0.39, 0.29) is 0 Å². The molecule has 0 aliphatic carbocycles. The molecule has 1 aromatic heterocycles. The third-order valence-corrected chi connectivity index (χ3v) is 4.02. The molecular weight excluding hydrogens is 312 g/mol. The molecular formula is C18H11BrO. The minimum absolute atomic E-state index is 0.467. The molecule has 0 aliphatic heterocycles. The van der Waals surface area contributed by atoms with E-state index in [1.165, 1.54) is 0 Å². The Morgan fingerprint density at radius 2 is 1.55 bits per heavy atom. The van der Waals surface area contributed by atoms with E-state index in [1.54, 1.807) is 12.1 Å². The molecule has 0 bridgehead atoms. The van der Waals surface area contributed by atoms with Gasteiger partial charge in [0, 0.05) is 15.2 Å². The zero-order chi connectivity index (χ0) is 14.4. The average Bonchev–Trinajstić information content (AvgIpc) is 2.84. The van der Waals surface area contributed by atoms with Crippen LogP contribution in [-0.4, -0.2) is 0 Å². The maximum absolute atomic E-state index is 7.68. The van der Waals surface area contributed by atoms with Gasteiger partial charge in [0.2, 0.25) is 0 Å². The Kier molecular flexibility index (Phi) is 2.40. The lowest BCUT2D eigenvalue weighted by molar-refractivity contribution is 0.669. The highest BCUT2D eigenvalue weighted by Crippen LogP contribution is 2.32. The van der Waals surface area contributed by atoms with E-state index < -0.39 is 0 Å². The Hall–Kier alpha value is -2.06. The summed E-state index contributed by atoms with van der Waals surface area (Å²) < 4.78 is 14.6. The van der Waals surface area contributed by atoms with Crippen molar-refractivity contribution in [2.45, 2.75) is 0 Å². The summed E-state index contributed by atoms with van der Waals surface area (Å²) in [6.07, 6.45) is 0. The van der Waals surface area contributed by atoms with Crippen LogP contribution in [0.15, 0.2) is 75.6 Å². The fourth-order valence-corrected chi connectivity index (χ4v) is 2.76. The highest BCUT2D eigenvalue weighted by molar-refractivity contribution is 9.10. The Labute approximate surface area is 126 Å². The van der Waals surface area contributed by atoms with Crippen molar-refractivity contribution in [2.24, 2.45) is 0 Å². The normalized spacial score (nSPS) is 11.9. The van der Waals surface area contributed by atoms with Crippen LogP contribution in [0.4, 0.5) is 0 Å². The van der Waals surface area contributed by atoms with Gasteiger partial charge in [0.25, 0.3) is 0 Å². The van der Waals surface area contributed by atoms with Crippen molar-refractivity contribution < 1.29 is 5.79 Å². The number of para-hydroxylation sites is 1. The van der Waals surface area contributed by atoms with E-state index in [2.05, 4.69) is 46.3 Å². The van der Waals surface area contributed by atoms with E-state index in [1.807, 2.05) is 18.2 Å². The molecule has 0 saturated carbocycles. The average molecular weight is 324 g/mol. The van der Waals surface area contributed by atoms with Crippen molar-refractivity contribution >= 4 is 37.9 Å². The molecule has 0 amide bonds. The molecule has 1 nitrogen and oxygen atoms in total. The fraction of sp³-hybridized carbons (Fsp3) is 0. The van der Waals surface area contributed by atoms with Crippen LogP contribution in [0.2, 0.25) is 0 Å². The van der Waals surface area contributed by atoms with Gasteiger partial charge in [-0.25, -0.2) is 0 Å². The molecule has 4 rings (SSSR count). The monoisotopic (exact) mass is 323 g/mol. The van der Waals surface area contributed by atoms with Crippen LogP contribution in [0.25, 0.3) is 33.1 Å². The summed E-state index contributed by atoms with van der Waals surface area (Å²) in [5.74, 6) is 0. The molecule has 0 atom stereocenters. The van der Waals surface area contributed by atoms with Crippen LogP contribution >= 0.6 is 15.9 Å². The van der Waals surface area contributed by atoms with Gasteiger partial charge in [-0.1, -0.05) is 52.3 Å². The molecule has 96 valence electrons. The molecule has 0 saturated heterocycles. The van der Waals surface area contributed by atoms with Crippen LogP contribution in [-0.2, 0) is 0 Å². The number of rotatable bonds is 1. The summed E-state index contributed by atoms with van der Waals surface area (Å²) in [5.41, 5.74) is 3.91. The molecule has 20 heavy (non-hydrogen) atoms. The maximum Gasteiger partial charge on any atom is 0.136 e. The smallest absolute Gasteiger partial charge is 0.136 e. The summed E-state index contributed by atoms with van der Waals surface area (Å²) >= 11 is 3.45. The molecule has 0 fully saturated rings. The lowest BCUT2D eigenvalue weighted by Crippen LogP contribution is -1.77. The van der Waals surface area contributed by atoms with Gasteiger partial charge < -0.3 is 4.42 Å². The summed E-state index contributed by atoms with van der Waals surface area (Å²) in [4.78, 5) is 0. The third kappa shape index (κ3) is 1.84. The van der Waals surface area contributed by atoms with Crippen LogP contribution in [0.3, 0.4) is 0 Å². The van der Waals surface area contributed by atoms with E-state index in [4.69, 9.17) is 5.79 Å². The van der Waals surface area contributed by atoms with Crippen molar-refractivity contribution in [3.05, 3.63) is 71.2 Å². The van der Waals surface area contributed by atoms with Crippen molar-refractivity contribution in [1.82, 2.24) is 0 Å². The second-order valence-electron chi connectivity index (χ2n) is 4.74. The quantitative estimate of drug-likeness (QED) is 0.417. The SMILES string of the molecule is [2H]c1ccc2c(c1)oc1cc(-c3ccc(Br)cc3)ccc12. The van der Waals surface area contributed by atoms with Crippen molar-refractivity contribution in [3.63, 3.8) is 0 Å².